The molecule has 0 aliphatic carbocycles. The molecule has 1 unspecified atom stereocenters. The van der Waals surface area contributed by atoms with E-state index in [0.717, 1.165) is 5.56 Å². The molecule has 0 spiro atoms. The second-order valence-corrected chi connectivity index (χ2v) is 7.35. The van der Waals surface area contributed by atoms with Crippen molar-refractivity contribution in [3.63, 3.8) is 0 Å². The van der Waals surface area contributed by atoms with Gasteiger partial charge in [0.15, 0.2) is 12.2 Å². The largest absolute Gasteiger partial charge is 0.483 e. The Labute approximate surface area is 142 Å². The molecule has 6 nitrogen and oxygen atoms in total. The minimum absolute atomic E-state index is 0.0779. The second-order valence-electron chi connectivity index (χ2n) is 7.35. The molecule has 1 aromatic carbocycles. The SMILES string of the molecule is CC(C)(C)c1ccccc1OCC(=O)N1CCCC(O)(C(N)=O)C1. The van der Waals surface area contributed by atoms with Crippen LogP contribution in [0.1, 0.15) is 39.2 Å². The molecule has 2 amide bonds. The summed E-state index contributed by atoms with van der Waals surface area (Å²) in [5, 5.41) is 10.2. The highest BCUT2D eigenvalue weighted by Gasteiger charge is 2.40. The summed E-state index contributed by atoms with van der Waals surface area (Å²) >= 11 is 0. The summed E-state index contributed by atoms with van der Waals surface area (Å²) in [6, 6.07) is 7.62. The zero-order valence-electron chi connectivity index (χ0n) is 14.5. The second kappa shape index (κ2) is 6.81. The van der Waals surface area contributed by atoms with Gasteiger partial charge in [-0.1, -0.05) is 39.0 Å². The molecule has 1 saturated heterocycles. The van der Waals surface area contributed by atoms with Crippen LogP contribution in [0.3, 0.4) is 0 Å². The van der Waals surface area contributed by atoms with Gasteiger partial charge in [0.25, 0.3) is 11.8 Å². The Morgan fingerprint density at radius 2 is 2.00 bits per heavy atom. The third kappa shape index (κ3) is 4.06. The average molecular weight is 334 g/mol. The molecule has 1 heterocycles. The average Bonchev–Trinajstić information content (AvgIpc) is 2.52. The Morgan fingerprint density at radius 3 is 2.62 bits per heavy atom. The number of likely N-dealkylation sites (tertiary alicyclic amines) is 1. The summed E-state index contributed by atoms with van der Waals surface area (Å²) in [6.45, 7) is 6.50. The Kier molecular flexibility index (Phi) is 5.18. The molecule has 6 heteroatoms. The molecule has 1 atom stereocenters. The smallest absolute Gasteiger partial charge is 0.260 e. The molecule has 1 aliphatic rings. The number of nitrogens with two attached hydrogens (primary N) is 1. The normalized spacial score (nSPS) is 21.4. The number of rotatable bonds is 4. The van der Waals surface area contributed by atoms with Gasteiger partial charge in [-0.15, -0.1) is 0 Å². The van der Waals surface area contributed by atoms with E-state index in [0.29, 0.717) is 18.7 Å². The molecule has 0 saturated carbocycles. The number of ether oxygens (including phenoxy) is 1. The van der Waals surface area contributed by atoms with Crippen molar-refractivity contribution in [2.24, 2.45) is 5.73 Å². The summed E-state index contributed by atoms with van der Waals surface area (Å²) < 4.78 is 5.72. The van der Waals surface area contributed by atoms with Crippen LogP contribution in [0.4, 0.5) is 0 Å². The van der Waals surface area contributed by atoms with Crippen molar-refractivity contribution in [2.45, 2.75) is 44.6 Å². The van der Waals surface area contributed by atoms with Gasteiger partial charge in [-0.05, 0) is 29.9 Å². The minimum atomic E-state index is -1.64. The van der Waals surface area contributed by atoms with Crippen molar-refractivity contribution in [3.8, 4) is 5.75 Å². The molecule has 0 bridgehead atoms. The van der Waals surface area contributed by atoms with Crippen molar-refractivity contribution in [3.05, 3.63) is 29.8 Å². The monoisotopic (exact) mass is 334 g/mol. The van der Waals surface area contributed by atoms with Gasteiger partial charge < -0.3 is 20.5 Å². The number of primary amides is 1. The maximum absolute atomic E-state index is 12.4. The number of carbonyl (C=O) groups excluding carboxylic acids is 2. The van der Waals surface area contributed by atoms with E-state index in [1.807, 2.05) is 24.3 Å². The summed E-state index contributed by atoms with van der Waals surface area (Å²) in [5.41, 5.74) is 4.52. The number of β-amino-alcohol motifs (C(OH)–C–C–N with tert-alkyl or cyclic N) is 1. The predicted molar refractivity (Wildman–Crippen MR) is 90.6 cm³/mol. The number of benzene rings is 1. The van der Waals surface area contributed by atoms with Gasteiger partial charge in [0.1, 0.15) is 5.75 Å². The number of piperidine rings is 1. The van der Waals surface area contributed by atoms with Gasteiger partial charge >= 0.3 is 0 Å². The van der Waals surface area contributed by atoms with Gasteiger partial charge in [0.2, 0.25) is 0 Å². The van der Waals surface area contributed by atoms with Crippen molar-refractivity contribution in [2.75, 3.05) is 19.7 Å². The lowest BCUT2D eigenvalue weighted by Crippen LogP contribution is -2.57. The fourth-order valence-corrected chi connectivity index (χ4v) is 2.89. The zero-order chi connectivity index (χ0) is 18.0. The van der Waals surface area contributed by atoms with Gasteiger partial charge in [-0.3, -0.25) is 9.59 Å². The first-order valence-electron chi connectivity index (χ1n) is 8.16. The van der Waals surface area contributed by atoms with E-state index < -0.39 is 11.5 Å². The topological polar surface area (TPSA) is 92.9 Å². The van der Waals surface area contributed by atoms with Crippen molar-refractivity contribution in [1.29, 1.82) is 0 Å². The fraction of sp³-hybridized carbons (Fsp3) is 0.556. The molecule has 0 radical (unpaired) electrons. The molecule has 0 aromatic heterocycles. The quantitative estimate of drug-likeness (QED) is 0.865. The van der Waals surface area contributed by atoms with Gasteiger partial charge in [-0.2, -0.15) is 0 Å². The predicted octanol–water partition coefficient (Wildman–Crippen LogP) is 1.20. The van der Waals surface area contributed by atoms with E-state index in [1.54, 1.807) is 0 Å². The number of aliphatic hydroxyl groups is 1. The first-order chi connectivity index (χ1) is 11.1. The lowest BCUT2D eigenvalue weighted by Gasteiger charge is -2.37. The summed E-state index contributed by atoms with van der Waals surface area (Å²) in [5.74, 6) is -0.391. The Hall–Kier alpha value is -2.08. The van der Waals surface area contributed by atoms with Crippen LogP contribution in [0.5, 0.6) is 5.75 Å². The third-order valence-electron chi connectivity index (χ3n) is 4.33. The maximum Gasteiger partial charge on any atom is 0.260 e. The summed E-state index contributed by atoms with van der Waals surface area (Å²) in [4.78, 5) is 25.2. The van der Waals surface area contributed by atoms with Gasteiger partial charge in [-0.25, -0.2) is 0 Å². The number of nitrogens with zero attached hydrogens (tertiary/aromatic N) is 1. The number of amides is 2. The summed E-state index contributed by atoms with van der Waals surface area (Å²) in [6.07, 6.45) is 0.809. The Bertz CT molecular complexity index is 624. The molecule has 1 aliphatic heterocycles. The van der Waals surface area contributed by atoms with E-state index in [9.17, 15) is 14.7 Å². The van der Waals surface area contributed by atoms with Crippen LogP contribution in [-0.4, -0.2) is 47.1 Å². The highest BCUT2D eigenvalue weighted by molar-refractivity contribution is 5.85. The first kappa shape index (κ1) is 18.3. The lowest BCUT2D eigenvalue weighted by atomic mass is 9.86. The molecule has 3 N–H and O–H groups in total. The standard InChI is InChI=1S/C18H26N2O4/c1-17(2,3)13-7-4-5-8-14(13)24-11-15(21)20-10-6-9-18(23,12-20)16(19)22/h4-5,7-8,23H,6,9-12H2,1-3H3,(H2,19,22). The van der Waals surface area contributed by atoms with E-state index in [-0.39, 0.29) is 30.9 Å². The van der Waals surface area contributed by atoms with Crippen LogP contribution in [0.25, 0.3) is 0 Å². The molecule has 24 heavy (non-hydrogen) atoms. The van der Waals surface area contributed by atoms with Crippen molar-refractivity contribution in [1.82, 2.24) is 4.90 Å². The van der Waals surface area contributed by atoms with Crippen molar-refractivity contribution >= 4 is 11.8 Å². The number of hydrogen-bond acceptors (Lipinski definition) is 4. The van der Waals surface area contributed by atoms with E-state index in [1.165, 1.54) is 4.90 Å². The zero-order valence-corrected chi connectivity index (χ0v) is 14.5. The Morgan fingerprint density at radius 1 is 1.33 bits per heavy atom. The van der Waals surface area contributed by atoms with Gasteiger partial charge in [0, 0.05) is 6.54 Å². The highest BCUT2D eigenvalue weighted by Crippen LogP contribution is 2.31. The highest BCUT2D eigenvalue weighted by atomic mass is 16.5. The third-order valence-corrected chi connectivity index (χ3v) is 4.33. The molecular weight excluding hydrogens is 308 g/mol. The van der Waals surface area contributed by atoms with Crippen LogP contribution < -0.4 is 10.5 Å². The lowest BCUT2D eigenvalue weighted by molar-refractivity contribution is -0.150. The van der Waals surface area contributed by atoms with Crippen LogP contribution in [-0.2, 0) is 15.0 Å². The summed E-state index contributed by atoms with van der Waals surface area (Å²) in [7, 11) is 0. The molecule has 132 valence electrons. The molecule has 1 fully saturated rings. The van der Waals surface area contributed by atoms with E-state index >= 15 is 0 Å². The van der Waals surface area contributed by atoms with Crippen molar-refractivity contribution < 1.29 is 19.4 Å². The maximum atomic E-state index is 12.4. The first-order valence-corrected chi connectivity index (χ1v) is 8.16. The fourth-order valence-electron chi connectivity index (χ4n) is 2.89. The number of carbonyl (C=O) groups is 2. The van der Waals surface area contributed by atoms with Crippen LogP contribution in [0.15, 0.2) is 24.3 Å². The van der Waals surface area contributed by atoms with Crippen LogP contribution in [0.2, 0.25) is 0 Å². The van der Waals surface area contributed by atoms with Gasteiger partial charge in [0.05, 0.1) is 6.54 Å². The minimum Gasteiger partial charge on any atom is -0.483 e. The molecule has 2 rings (SSSR count). The Balaban J connectivity index is 2.03. The van der Waals surface area contributed by atoms with E-state index in [4.69, 9.17) is 10.5 Å². The number of para-hydroxylation sites is 1. The molecule has 1 aromatic rings. The number of hydrogen-bond donors (Lipinski definition) is 2. The van der Waals surface area contributed by atoms with Crippen LogP contribution >= 0.6 is 0 Å². The van der Waals surface area contributed by atoms with Crippen LogP contribution in [0, 0.1) is 0 Å². The van der Waals surface area contributed by atoms with E-state index in [2.05, 4.69) is 20.8 Å². The molecular formula is C18H26N2O4.